The number of carbonyl (C=O) groups is 3. The summed E-state index contributed by atoms with van der Waals surface area (Å²) < 4.78 is 0. The summed E-state index contributed by atoms with van der Waals surface area (Å²) in [6, 6.07) is -1.07. The summed E-state index contributed by atoms with van der Waals surface area (Å²) in [6.45, 7) is 3.44. The van der Waals surface area contributed by atoms with Gasteiger partial charge in [0.05, 0.1) is 6.10 Å². The van der Waals surface area contributed by atoms with Gasteiger partial charge < -0.3 is 20.6 Å². The molecule has 0 bridgehead atoms. The fourth-order valence-corrected chi connectivity index (χ4v) is 4.01. The van der Waals surface area contributed by atoms with Crippen LogP contribution in [0.15, 0.2) is 48.6 Å². The quantitative estimate of drug-likeness (QED) is 0.122. The van der Waals surface area contributed by atoms with E-state index >= 15 is 0 Å². The summed E-state index contributed by atoms with van der Waals surface area (Å²) >= 11 is 1.21. The Hall–Kier alpha value is -2.32. The molecule has 0 radical (unpaired) electrons. The van der Waals surface area contributed by atoms with Crippen LogP contribution in [0.4, 0.5) is 0 Å². The number of thioether (sulfide) groups is 1. The van der Waals surface area contributed by atoms with Gasteiger partial charge in [0.2, 0.25) is 5.91 Å². The van der Waals surface area contributed by atoms with Gasteiger partial charge in [-0.15, -0.1) is 11.8 Å². The predicted molar refractivity (Wildman–Crippen MR) is 134 cm³/mol. The zero-order chi connectivity index (χ0) is 24.9. The third kappa shape index (κ3) is 18.9. The van der Waals surface area contributed by atoms with Crippen molar-refractivity contribution in [1.82, 2.24) is 5.32 Å². The van der Waals surface area contributed by atoms with E-state index in [0.29, 0.717) is 6.42 Å². The average Bonchev–Trinajstić information content (AvgIpc) is 2.74. The zero-order valence-electron chi connectivity index (χ0n) is 19.7. The third-order valence-electron chi connectivity index (χ3n) is 4.58. The van der Waals surface area contributed by atoms with Crippen LogP contribution in [0.5, 0.6) is 0 Å². The Kier molecular flexibility index (Phi) is 18.9. The second-order valence-corrected chi connectivity index (χ2v) is 8.85. The molecule has 0 heterocycles. The molecular weight excluding hydrogens is 442 g/mol. The molecule has 186 valence electrons. The highest BCUT2D eigenvalue weighted by atomic mass is 32.2. The van der Waals surface area contributed by atoms with Gasteiger partial charge >= 0.3 is 11.9 Å². The van der Waals surface area contributed by atoms with Crippen molar-refractivity contribution in [1.29, 1.82) is 0 Å². The summed E-state index contributed by atoms with van der Waals surface area (Å²) in [5, 5.41) is 30.5. The zero-order valence-corrected chi connectivity index (χ0v) is 20.5. The van der Waals surface area contributed by atoms with Crippen LogP contribution in [0.25, 0.3) is 0 Å². The number of aliphatic hydroxyl groups is 1. The van der Waals surface area contributed by atoms with E-state index in [0.717, 1.165) is 12.8 Å². The van der Waals surface area contributed by atoms with Crippen molar-refractivity contribution in [3.05, 3.63) is 48.6 Å². The minimum atomic E-state index is -1.15. The van der Waals surface area contributed by atoms with E-state index in [1.807, 2.05) is 24.3 Å². The van der Waals surface area contributed by atoms with Gasteiger partial charge in [-0.1, -0.05) is 68.4 Å². The normalized spacial score (nSPS) is 14.9. The lowest BCUT2D eigenvalue weighted by Gasteiger charge is -2.21. The lowest BCUT2D eigenvalue weighted by atomic mass is 10.1. The number of carboxylic acids is 2. The molecule has 0 aliphatic heterocycles. The number of amides is 1. The minimum absolute atomic E-state index is 0.0421. The van der Waals surface area contributed by atoms with Crippen LogP contribution >= 0.6 is 11.8 Å². The molecular formula is C25H39NO6S. The van der Waals surface area contributed by atoms with Gasteiger partial charge in [0.25, 0.3) is 0 Å². The van der Waals surface area contributed by atoms with Crippen molar-refractivity contribution in [2.75, 3.05) is 5.75 Å². The third-order valence-corrected chi connectivity index (χ3v) is 5.97. The summed E-state index contributed by atoms with van der Waals surface area (Å²) in [6.07, 6.45) is 20.9. The molecule has 0 rings (SSSR count). The molecule has 0 spiro atoms. The monoisotopic (exact) mass is 481 g/mol. The van der Waals surface area contributed by atoms with E-state index in [2.05, 4.69) is 24.4 Å². The highest BCUT2D eigenvalue weighted by Crippen LogP contribution is 2.21. The molecule has 0 aliphatic carbocycles. The highest BCUT2D eigenvalue weighted by molar-refractivity contribution is 8.00. The molecule has 1 amide bonds. The van der Waals surface area contributed by atoms with Crippen molar-refractivity contribution >= 4 is 29.6 Å². The Morgan fingerprint density at radius 2 is 1.70 bits per heavy atom. The standard InChI is InChI=1S/C25H39NO6S/c1-3-4-5-6-7-8-9-10-11-12-13-14-17-23(22(28)16-15-18-24(29)30)33-19-21(25(31)32)26-20(2)27/h7-8,10-14,17,21-23,28H,3-6,9,15-16,18-19H2,1-2H3,(H,26,27)(H,29,30)(H,31,32)/b8-7+,11-10+,13-12+,17-14+/t21-,22+,23-/m1/s1. The Morgan fingerprint density at radius 3 is 2.33 bits per heavy atom. The number of aliphatic hydroxyl groups excluding tert-OH is 1. The number of carboxylic acid groups (broad SMARTS) is 2. The SMILES string of the molecule is CCCCC/C=C/C/C=C/C=C/C=C/[C@@H](SC[C@@H](NC(C)=O)C(=O)O)[C@@H](O)CCCC(=O)O. The van der Waals surface area contributed by atoms with Gasteiger partial charge in [-0.05, 0) is 32.1 Å². The van der Waals surface area contributed by atoms with Crippen LogP contribution in [-0.2, 0) is 14.4 Å². The predicted octanol–water partition coefficient (Wildman–Crippen LogP) is 4.49. The number of unbranched alkanes of at least 4 members (excludes halogenated alkanes) is 3. The maximum Gasteiger partial charge on any atom is 0.327 e. The van der Waals surface area contributed by atoms with E-state index in [9.17, 15) is 24.6 Å². The van der Waals surface area contributed by atoms with Crippen LogP contribution in [0.2, 0.25) is 0 Å². The van der Waals surface area contributed by atoms with Gasteiger partial charge in [-0.3, -0.25) is 9.59 Å². The molecule has 0 aromatic heterocycles. The van der Waals surface area contributed by atoms with Gasteiger partial charge in [0.1, 0.15) is 6.04 Å². The molecule has 4 N–H and O–H groups in total. The first kappa shape index (κ1) is 30.7. The largest absolute Gasteiger partial charge is 0.481 e. The molecule has 0 saturated carbocycles. The van der Waals surface area contributed by atoms with Gasteiger partial charge in [-0.25, -0.2) is 4.79 Å². The van der Waals surface area contributed by atoms with Crippen LogP contribution in [0.1, 0.15) is 65.2 Å². The Labute approximate surface area is 201 Å². The first-order valence-electron chi connectivity index (χ1n) is 11.4. The topological polar surface area (TPSA) is 124 Å². The summed E-state index contributed by atoms with van der Waals surface area (Å²) in [7, 11) is 0. The molecule has 0 saturated heterocycles. The lowest BCUT2D eigenvalue weighted by molar-refractivity contribution is -0.140. The van der Waals surface area contributed by atoms with Crippen molar-refractivity contribution < 1.29 is 29.7 Å². The fourth-order valence-electron chi connectivity index (χ4n) is 2.81. The van der Waals surface area contributed by atoms with Crippen molar-refractivity contribution in [3.63, 3.8) is 0 Å². The minimum Gasteiger partial charge on any atom is -0.481 e. The van der Waals surface area contributed by atoms with Crippen LogP contribution < -0.4 is 5.32 Å². The summed E-state index contributed by atoms with van der Waals surface area (Å²) in [5.74, 6) is -2.44. The van der Waals surface area contributed by atoms with E-state index in [4.69, 9.17) is 5.11 Å². The van der Waals surface area contributed by atoms with E-state index in [1.165, 1.54) is 37.9 Å². The van der Waals surface area contributed by atoms with Gasteiger partial charge in [-0.2, -0.15) is 0 Å². The molecule has 7 nitrogen and oxygen atoms in total. The molecule has 0 aromatic carbocycles. The van der Waals surface area contributed by atoms with E-state index in [-0.39, 0.29) is 18.6 Å². The highest BCUT2D eigenvalue weighted by Gasteiger charge is 2.23. The number of hydrogen-bond acceptors (Lipinski definition) is 5. The number of carbonyl (C=O) groups excluding carboxylic acids is 1. The molecule has 0 fully saturated rings. The van der Waals surface area contributed by atoms with E-state index in [1.54, 1.807) is 12.2 Å². The van der Waals surface area contributed by atoms with Crippen LogP contribution in [-0.4, -0.2) is 56.3 Å². The van der Waals surface area contributed by atoms with Crippen molar-refractivity contribution in [2.45, 2.75) is 82.6 Å². The molecule has 0 unspecified atom stereocenters. The number of hydrogen-bond donors (Lipinski definition) is 4. The molecule has 0 aromatic rings. The first-order valence-corrected chi connectivity index (χ1v) is 12.5. The average molecular weight is 482 g/mol. The van der Waals surface area contributed by atoms with Crippen molar-refractivity contribution in [3.8, 4) is 0 Å². The maximum absolute atomic E-state index is 11.3. The first-order chi connectivity index (χ1) is 15.8. The Morgan fingerprint density at radius 1 is 0.970 bits per heavy atom. The van der Waals surface area contributed by atoms with E-state index < -0.39 is 35.2 Å². The molecule has 8 heteroatoms. The Bertz CT molecular complexity index is 686. The van der Waals surface area contributed by atoms with Crippen LogP contribution in [0, 0.1) is 0 Å². The number of allylic oxidation sites excluding steroid dienone is 7. The summed E-state index contributed by atoms with van der Waals surface area (Å²) in [5.41, 5.74) is 0. The van der Waals surface area contributed by atoms with Crippen molar-refractivity contribution in [2.24, 2.45) is 0 Å². The molecule has 33 heavy (non-hydrogen) atoms. The van der Waals surface area contributed by atoms with Crippen LogP contribution in [0.3, 0.4) is 0 Å². The second kappa shape index (κ2) is 20.3. The molecule has 3 atom stereocenters. The Balaban J connectivity index is 4.78. The van der Waals surface area contributed by atoms with Gasteiger partial charge in [0.15, 0.2) is 0 Å². The smallest absolute Gasteiger partial charge is 0.327 e. The maximum atomic E-state index is 11.3. The number of nitrogens with one attached hydrogen (secondary N) is 1. The van der Waals surface area contributed by atoms with Gasteiger partial charge in [0, 0.05) is 24.3 Å². The summed E-state index contributed by atoms with van der Waals surface area (Å²) in [4.78, 5) is 33.3. The second-order valence-electron chi connectivity index (χ2n) is 7.64. The fraction of sp³-hybridized carbons (Fsp3) is 0.560. The number of aliphatic carboxylic acids is 2. The lowest BCUT2D eigenvalue weighted by Crippen LogP contribution is -2.42. The molecule has 0 aliphatic rings. The number of rotatable bonds is 19.